The van der Waals surface area contributed by atoms with Crippen molar-refractivity contribution >= 4 is 29.2 Å². The summed E-state index contributed by atoms with van der Waals surface area (Å²) >= 11 is 11.8. The summed E-state index contributed by atoms with van der Waals surface area (Å²) in [6.07, 6.45) is 0.819. The second-order valence-corrected chi connectivity index (χ2v) is 6.42. The van der Waals surface area contributed by atoms with E-state index in [-0.39, 0.29) is 10.8 Å². The monoisotopic (exact) mass is 386 g/mol. The van der Waals surface area contributed by atoms with E-state index < -0.39 is 5.97 Å². The van der Waals surface area contributed by atoms with E-state index in [0.717, 1.165) is 6.42 Å². The van der Waals surface area contributed by atoms with Crippen LogP contribution in [0.15, 0.2) is 72.8 Å². The predicted octanol–water partition coefficient (Wildman–Crippen LogP) is 5.83. The highest BCUT2D eigenvalue weighted by molar-refractivity contribution is 6.35. The van der Waals surface area contributed by atoms with E-state index in [9.17, 15) is 4.79 Å². The summed E-state index contributed by atoms with van der Waals surface area (Å²) in [5.74, 6) is 0.469. The molecule has 0 aromatic heterocycles. The highest BCUT2D eigenvalue weighted by Crippen LogP contribution is 2.28. The van der Waals surface area contributed by atoms with E-state index in [1.807, 2.05) is 18.2 Å². The van der Waals surface area contributed by atoms with Gasteiger partial charge in [0, 0.05) is 11.4 Å². The van der Waals surface area contributed by atoms with Gasteiger partial charge < -0.3 is 9.47 Å². The lowest BCUT2D eigenvalue weighted by Gasteiger charge is -2.08. The third-order valence-corrected chi connectivity index (χ3v) is 4.22. The highest BCUT2D eigenvalue weighted by atomic mass is 35.5. The summed E-state index contributed by atoms with van der Waals surface area (Å²) < 4.78 is 11.0. The molecule has 0 aliphatic carbocycles. The minimum atomic E-state index is -0.495. The van der Waals surface area contributed by atoms with E-state index >= 15 is 0 Å². The number of carbonyl (C=O) groups excluding carboxylic acids is 1. The van der Waals surface area contributed by atoms with E-state index in [4.69, 9.17) is 32.7 Å². The summed E-state index contributed by atoms with van der Waals surface area (Å²) in [4.78, 5) is 12.2. The molecule has 0 spiro atoms. The third-order valence-electron chi connectivity index (χ3n) is 3.69. The van der Waals surface area contributed by atoms with Gasteiger partial charge in [0.05, 0.1) is 17.2 Å². The summed E-state index contributed by atoms with van der Waals surface area (Å²) in [7, 11) is 0. The fourth-order valence-electron chi connectivity index (χ4n) is 2.34. The first-order chi connectivity index (χ1) is 12.6. The Labute approximate surface area is 162 Å². The SMILES string of the molecule is O=C(Oc1ccc(Cl)cc1Cl)c1ccc(OCCc2ccccc2)cc1. The maximum atomic E-state index is 12.2. The first-order valence-electron chi connectivity index (χ1n) is 8.06. The maximum absolute atomic E-state index is 12.2. The fraction of sp³-hybridized carbons (Fsp3) is 0.0952. The molecule has 0 fully saturated rings. The molecular formula is C21H16Cl2O3. The average molecular weight is 387 g/mol. The molecule has 0 amide bonds. The van der Waals surface area contributed by atoms with Crippen molar-refractivity contribution in [2.75, 3.05) is 6.61 Å². The van der Waals surface area contributed by atoms with Crippen molar-refractivity contribution in [2.24, 2.45) is 0 Å². The fourth-order valence-corrected chi connectivity index (χ4v) is 2.78. The second-order valence-electron chi connectivity index (χ2n) is 5.57. The smallest absolute Gasteiger partial charge is 0.343 e. The molecule has 0 aliphatic heterocycles. The molecule has 0 N–H and O–H groups in total. The molecule has 132 valence electrons. The van der Waals surface area contributed by atoms with Crippen LogP contribution in [-0.2, 0) is 6.42 Å². The van der Waals surface area contributed by atoms with Gasteiger partial charge in [0.1, 0.15) is 11.5 Å². The van der Waals surface area contributed by atoms with Gasteiger partial charge in [0.2, 0.25) is 0 Å². The van der Waals surface area contributed by atoms with Crippen LogP contribution in [0.5, 0.6) is 11.5 Å². The Balaban J connectivity index is 1.55. The number of esters is 1. The average Bonchev–Trinajstić information content (AvgIpc) is 2.65. The summed E-state index contributed by atoms with van der Waals surface area (Å²) in [5, 5.41) is 0.763. The van der Waals surface area contributed by atoms with Gasteiger partial charge in [-0.2, -0.15) is 0 Å². The topological polar surface area (TPSA) is 35.5 Å². The van der Waals surface area contributed by atoms with Crippen molar-refractivity contribution in [3.8, 4) is 11.5 Å². The number of hydrogen-bond acceptors (Lipinski definition) is 3. The Morgan fingerprint density at radius 2 is 1.62 bits per heavy atom. The van der Waals surface area contributed by atoms with Crippen LogP contribution < -0.4 is 9.47 Å². The van der Waals surface area contributed by atoms with Gasteiger partial charge in [-0.1, -0.05) is 53.5 Å². The Bertz CT molecular complexity index is 878. The second kappa shape index (κ2) is 8.75. The lowest BCUT2D eigenvalue weighted by atomic mass is 10.2. The van der Waals surface area contributed by atoms with Crippen LogP contribution in [0.1, 0.15) is 15.9 Å². The van der Waals surface area contributed by atoms with Gasteiger partial charge in [0.15, 0.2) is 0 Å². The van der Waals surface area contributed by atoms with Crippen molar-refractivity contribution in [1.29, 1.82) is 0 Å². The van der Waals surface area contributed by atoms with E-state index in [2.05, 4.69) is 12.1 Å². The van der Waals surface area contributed by atoms with Crippen LogP contribution in [0.4, 0.5) is 0 Å². The van der Waals surface area contributed by atoms with Crippen LogP contribution in [-0.4, -0.2) is 12.6 Å². The zero-order valence-electron chi connectivity index (χ0n) is 13.8. The lowest BCUT2D eigenvalue weighted by molar-refractivity contribution is 0.0735. The number of halogens is 2. The first-order valence-corrected chi connectivity index (χ1v) is 8.81. The van der Waals surface area contributed by atoms with Crippen LogP contribution in [0.2, 0.25) is 10.0 Å². The number of carbonyl (C=O) groups is 1. The standard InChI is InChI=1S/C21H16Cl2O3/c22-17-8-11-20(19(23)14-17)26-21(24)16-6-9-18(10-7-16)25-13-12-15-4-2-1-3-5-15/h1-11,14H,12-13H2. The molecule has 0 radical (unpaired) electrons. The molecule has 3 nitrogen and oxygen atoms in total. The van der Waals surface area contributed by atoms with Crippen LogP contribution in [0, 0.1) is 0 Å². The van der Waals surface area contributed by atoms with E-state index in [1.54, 1.807) is 36.4 Å². The summed E-state index contributed by atoms with van der Waals surface area (Å²) in [6.45, 7) is 0.564. The normalized spacial score (nSPS) is 10.4. The summed E-state index contributed by atoms with van der Waals surface area (Å²) in [5.41, 5.74) is 1.62. The van der Waals surface area contributed by atoms with E-state index in [1.165, 1.54) is 11.6 Å². The molecule has 26 heavy (non-hydrogen) atoms. The molecule has 3 rings (SSSR count). The molecule has 3 aromatic rings. The number of benzene rings is 3. The van der Waals surface area contributed by atoms with Gasteiger partial charge in [-0.15, -0.1) is 0 Å². The molecular weight excluding hydrogens is 371 g/mol. The number of ether oxygens (including phenoxy) is 2. The van der Waals surface area contributed by atoms with E-state index in [0.29, 0.717) is 22.9 Å². The Kier molecular flexibility index (Phi) is 6.16. The molecule has 0 atom stereocenters. The zero-order valence-corrected chi connectivity index (χ0v) is 15.3. The van der Waals surface area contributed by atoms with Crippen LogP contribution in [0.3, 0.4) is 0 Å². The van der Waals surface area contributed by atoms with Crippen molar-refractivity contribution in [2.45, 2.75) is 6.42 Å². The predicted molar refractivity (Wildman–Crippen MR) is 104 cm³/mol. The van der Waals surface area contributed by atoms with Crippen molar-refractivity contribution < 1.29 is 14.3 Å². The first kappa shape index (κ1) is 18.3. The molecule has 0 saturated carbocycles. The number of rotatable bonds is 6. The minimum Gasteiger partial charge on any atom is -0.493 e. The van der Waals surface area contributed by atoms with Crippen LogP contribution in [0.25, 0.3) is 0 Å². The van der Waals surface area contributed by atoms with Crippen LogP contribution >= 0.6 is 23.2 Å². The molecule has 0 unspecified atom stereocenters. The molecule has 3 aromatic carbocycles. The minimum absolute atomic E-state index is 0.268. The van der Waals surface area contributed by atoms with Crippen molar-refractivity contribution in [3.63, 3.8) is 0 Å². The van der Waals surface area contributed by atoms with Gasteiger partial charge >= 0.3 is 5.97 Å². The zero-order chi connectivity index (χ0) is 18.4. The third kappa shape index (κ3) is 5.01. The van der Waals surface area contributed by atoms with Gasteiger partial charge in [0.25, 0.3) is 0 Å². The largest absolute Gasteiger partial charge is 0.493 e. The van der Waals surface area contributed by atoms with Gasteiger partial charge in [-0.3, -0.25) is 0 Å². The number of hydrogen-bond donors (Lipinski definition) is 0. The maximum Gasteiger partial charge on any atom is 0.343 e. The van der Waals surface area contributed by atoms with Gasteiger partial charge in [-0.25, -0.2) is 4.79 Å². The molecule has 5 heteroatoms. The quantitative estimate of drug-likeness (QED) is 0.394. The molecule has 0 aliphatic rings. The Morgan fingerprint density at radius 1 is 0.885 bits per heavy atom. The van der Waals surface area contributed by atoms with Crippen molar-refractivity contribution in [1.82, 2.24) is 0 Å². The molecule has 0 heterocycles. The summed E-state index contributed by atoms with van der Waals surface area (Å²) in [6, 6.07) is 21.6. The lowest BCUT2D eigenvalue weighted by Crippen LogP contribution is -2.09. The Morgan fingerprint density at radius 3 is 2.31 bits per heavy atom. The molecule has 0 bridgehead atoms. The van der Waals surface area contributed by atoms with Crippen molar-refractivity contribution in [3.05, 3.63) is 94.0 Å². The molecule has 0 saturated heterocycles. The van der Waals surface area contributed by atoms with Gasteiger partial charge in [-0.05, 0) is 48.0 Å². The highest BCUT2D eigenvalue weighted by Gasteiger charge is 2.11. The Hall–Kier alpha value is -2.49.